The molecule has 1 rings (SSSR count). The summed E-state index contributed by atoms with van der Waals surface area (Å²) >= 11 is 0. The smallest absolute Gasteiger partial charge is 0.244 e. The van der Waals surface area contributed by atoms with Crippen molar-refractivity contribution in [3.8, 4) is 0 Å². The van der Waals surface area contributed by atoms with Crippen LogP contribution >= 0.6 is 0 Å². The van der Waals surface area contributed by atoms with E-state index in [0.717, 1.165) is 6.42 Å². The number of aliphatic hydroxyl groups excluding tert-OH is 1. The lowest BCUT2D eigenvalue weighted by atomic mass is 10.2. The zero-order chi connectivity index (χ0) is 14.5. The van der Waals surface area contributed by atoms with Gasteiger partial charge >= 0.3 is 0 Å². The number of hydrogen-bond donors (Lipinski definition) is 2. The van der Waals surface area contributed by atoms with E-state index in [9.17, 15) is 13.5 Å². The number of benzene rings is 1. The van der Waals surface area contributed by atoms with Gasteiger partial charge in [-0.25, -0.2) is 12.7 Å². The highest BCUT2D eigenvalue weighted by molar-refractivity contribution is 7.89. The molecule has 0 saturated carbocycles. The second kappa shape index (κ2) is 6.88. The molecule has 108 valence electrons. The van der Waals surface area contributed by atoms with Crippen LogP contribution in [0.15, 0.2) is 29.2 Å². The predicted octanol–water partition coefficient (Wildman–Crippen LogP) is 1.51. The van der Waals surface area contributed by atoms with Crippen molar-refractivity contribution in [2.45, 2.75) is 30.8 Å². The maximum Gasteiger partial charge on any atom is 0.244 e. The van der Waals surface area contributed by atoms with Crippen molar-refractivity contribution in [3.05, 3.63) is 24.3 Å². The van der Waals surface area contributed by atoms with Crippen LogP contribution in [0.1, 0.15) is 19.8 Å². The summed E-state index contributed by atoms with van der Waals surface area (Å²) in [6, 6.07) is 6.71. The molecule has 19 heavy (non-hydrogen) atoms. The van der Waals surface area contributed by atoms with Gasteiger partial charge < -0.3 is 10.4 Å². The maximum atomic E-state index is 12.1. The molecule has 0 saturated heterocycles. The van der Waals surface area contributed by atoms with Crippen LogP contribution in [0, 0.1) is 0 Å². The van der Waals surface area contributed by atoms with E-state index < -0.39 is 16.1 Å². The van der Waals surface area contributed by atoms with Crippen LogP contribution in [-0.2, 0) is 10.0 Å². The number of aliphatic hydroxyl groups is 1. The number of anilines is 1. The summed E-state index contributed by atoms with van der Waals surface area (Å²) in [5.41, 5.74) is 0.520. The normalized spacial score (nSPS) is 13.5. The topological polar surface area (TPSA) is 69.6 Å². The molecular weight excluding hydrogens is 264 g/mol. The summed E-state index contributed by atoms with van der Waals surface area (Å²) in [4.78, 5) is 0.226. The van der Waals surface area contributed by atoms with Crippen LogP contribution in [0.4, 0.5) is 5.69 Å². The van der Waals surface area contributed by atoms with Gasteiger partial charge in [0.2, 0.25) is 10.0 Å². The first-order chi connectivity index (χ1) is 8.89. The van der Waals surface area contributed by atoms with E-state index in [1.165, 1.54) is 18.4 Å². The fourth-order valence-electron chi connectivity index (χ4n) is 1.70. The number of para-hydroxylation sites is 1. The standard InChI is InChI=1S/C13H22N2O3S/c1-4-7-11(16)10-14-12-8-5-6-9-13(12)19(17,18)15(2)3/h5-6,8-9,11,14,16H,4,7,10H2,1-3H3. The first-order valence-corrected chi connectivity index (χ1v) is 7.77. The molecule has 0 radical (unpaired) electrons. The monoisotopic (exact) mass is 286 g/mol. The van der Waals surface area contributed by atoms with Crippen LogP contribution in [0.3, 0.4) is 0 Å². The number of rotatable bonds is 7. The SMILES string of the molecule is CCCC(O)CNc1ccccc1S(=O)(=O)N(C)C. The summed E-state index contributed by atoms with van der Waals surface area (Å²) in [6.45, 7) is 2.33. The molecule has 0 aliphatic carbocycles. The van der Waals surface area contributed by atoms with Gasteiger partial charge in [0, 0.05) is 20.6 Å². The minimum Gasteiger partial charge on any atom is -0.391 e. The Morgan fingerprint density at radius 1 is 1.32 bits per heavy atom. The molecule has 0 spiro atoms. The average molecular weight is 286 g/mol. The quantitative estimate of drug-likeness (QED) is 0.797. The zero-order valence-electron chi connectivity index (χ0n) is 11.6. The largest absolute Gasteiger partial charge is 0.391 e. The van der Waals surface area contributed by atoms with Gasteiger partial charge in [-0.15, -0.1) is 0 Å². The molecule has 1 atom stereocenters. The van der Waals surface area contributed by atoms with Crippen molar-refractivity contribution in [1.82, 2.24) is 4.31 Å². The van der Waals surface area contributed by atoms with Crippen molar-refractivity contribution < 1.29 is 13.5 Å². The van der Waals surface area contributed by atoms with E-state index in [4.69, 9.17) is 0 Å². The van der Waals surface area contributed by atoms with Crippen LogP contribution in [0.25, 0.3) is 0 Å². The molecule has 0 heterocycles. The highest BCUT2D eigenvalue weighted by atomic mass is 32.2. The van der Waals surface area contributed by atoms with E-state index in [-0.39, 0.29) is 4.90 Å². The zero-order valence-corrected chi connectivity index (χ0v) is 12.4. The Balaban J connectivity index is 2.91. The van der Waals surface area contributed by atoms with Gasteiger partial charge in [-0.1, -0.05) is 25.5 Å². The van der Waals surface area contributed by atoms with Crippen LogP contribution in [-0.4, -0.2) is 44.6 Å². The second-order valence-corrected chi connectivity index (χ2v) is 6.73. The highest BCUT2D eigenvalue weighted by Crippen LogP contribution is 2.23. The molecular formula is C13H22N2O3S. The number of sulfonamides is 1. The van der Waals surface area contributed by atoms with Crippen molar-refractivity contribution >= 4 is 15.7 Å². The fraction of sp³-hybridized carbons (Fsp3) is 0.538. The fourth-order valence-corrected chi connectivity index (χ4v) is 2.76. The lowest BCUT2D eigenvalue weighted by molar-refractivity contribution is 0.176. The van der Waals surface area contributed by atoms with Gasteiger partial charge in [0.1, 0.15) is 4.90 Å². The van der Waals surface area contributed by atoms with E-state index in [2.05, 4.69) is 5.32 Å². The molecule has 0 fully saturated rings. The Labute approximate surface area is 115 Å². The molecule has 1 aromatic carbocycles. The van der Waals surface area contributed by atoms with Gasteiger partial charge in [0.15, 0.2) is 0 Å². The predicted molar refractivity (Wildman–Crippen MR) is 76.7 cm³/mol. The van der Waals surface area contributed by atoms with Crippen molar-refractivity contribution in [3.63, 3.8) is 0 Å². The van der Waals surface area contributed by atoms with E-state index in [0.29, 0.717) is 18.7 Å². The van der Waals surface area contributed by atoms with Crippen LogP contribution < -0.4 is 5.32 Å². The minimum atomic E-state index is -3.48. The lowest BCUT2D eigenvalue weighted by Gasteiger charge is -2.17. The number of nitrogens with zero attached hydrogens (tertiary/aromatic N) is 1. The highest BCUT2D eigenvalue weighted by Gasteiger charge is 2.20. The van der Waals surface area contributed by atoms with Crippen molar-refractivity contribution in [2.75, 3.05) is 26.0 Å². The molecule has 0 aliphatic heterocycles. The van der Waals surface area contributed by atoms with Gasteiger partial charge in [0.05, 0.1) is 11.8 Å². The van der Waals surface area contributed by atoms with Gasteiger partial charge in [0.25, 0.3) is 0 Å². The molecule has 6 heteroatoms. The average Bonchev–Trinajstić information content (AvgIpc) is 2.37. The Hall–Kier alpha value is -1.11. The molecule has 2 N–H and O–H groups in total. The Morgan fingerprint density at radius 2 is 1.95 bits per heavy atom. The molecule has 5 nitrogen and oxygen atoms in total. The molecule has 0 bridgehead atoms. The Kier molecular flexibility index (Phi) is 5.78. The number of nitrogens with one attached hydrogen (secondary N) is 1. The molecule has 0 aromatic heterocycles. The Bertz CT molecular complexity index is 500. The van der Waals surface area contributed by atoms with Gasteiger partial charge in [-0.3, -0.25) is 0 Å². The first-order valence-electron chi connectivity index (χ1n) is 6.33. The molecule has 0 amide bonds. The van der Waals surface area contributed by atoms with Crippen molar-refractivity contribution in [2.24, 2.45) is 0 Å². The summed E-state index contributed by atoms with van der Waals surface area (Å²) in [7, 11) is -0.482. The second-order valence-electron chi connectivity index (χ2n) is 4.61. The van der Waals surface area contributed by atoms with Crippen LogP contribution in [0.2, 0.25) is 0 Å². The van der Waals surface area contributed by atoms with E-state index in [1.807, 2.05) is 6.92 Å². The third-order valence-electron chi connectivity index (χ3n) is 2.80. The lowest BCUT2D eigenvalue weighted by Crippen LogP contribution is -2.25. The third kappa shape index (κ3) is 4.19. The maximum absolute atomic E-state index is 12.1. The van der Waals surface area contributed by atoms with Gasteiger partial charge in [-0.2, -0.15) is 0 Å². The first kappa shape index (κ1) is 15.9. The summed E-state index contributed by atoms with van der Waals surface area (Å²) in [5.74, 6) is 0. The minimum absolute atomic E-state index is 0.226. The van der Waals surface area contributed by atoms with Gasteiger partial charge in [-0.05, 0) is 18.6 Å². The summed E-state index contributed by atoms with van der Waals surface area (Å²) in [5, 5.41) is 12.7. The Morgan fingerprint density at radius 3 is 2.53 bits per heavy atom. The van der Waals surface area contributed by atoms with E-state index >= 15 is 0 Å². The molecule has 1 aromatic rings. The summed E-state index contributed by atoms with van der Waals surface area (Å²) < 4.78 is 25.5. The summed E-state index contributed by atoms with van der Waals surface area (Å²) in [6.07, 6.45) is 1.11. The molecule has 0 aliphatic rings. The van der Waals surface area contributed by atoms with E-state index in [1.54, 1.807) is 24.3 Å². The van der Waals surface area contributed by atoms with Crippen LogP contribution in [0.5, 0.6) is 0 Å². The molecule has 1 unspecified atom stereocenters. The number of hydrogen-bond acceptors (Lipinski definition) is 4. The third-order valence-corrected chi connectivity index (χ3v) is 4.67. The van der Waals surface area contributed by atoms with Crippen molar-refractivity contribution in [1.29, 1.82) is 0 Å².